The summed E-state index contributed by atoms with van der Waals surface area (Å²) in [4.78, 5) is 38.8. The Morgan fingerprint density at radius 2 is 1.56 bits per heavy atom. The zero-order valence-electron chi connectivity index (χ0n) is 17.9. The SMILES string of the molecule is NC(=O)C(=O)C(Cc1ccccc1)NC1CCN(C(=O)c2ccc3ccccc3c2)CC1. The molecule has 1 atom stereocenters. The van der Waals surface area contributed by atoms with Gasteiger partial charge in [-0.3, -0.25) is 14.4 Å². The Kier molecular flexibility index (Phi) is 6.61. The van der Waals surface area contributed by atoms with E-state index in [1.54, 1.807) is 0 Å². The molecular formula is C26H27N3O3. The minimum atomic E-state index is -0.928. The molecule has 164 valence electrons. The number of ketones is 1. The van der Waals surface area contributed by atoms with Crippen LogP contribution in [-0.4, -0.2) is 47.7 Å². The third-order valence-corrected chi connectivity index (χ3v) is 6.06. The van der Waals surface area contributed by atoms with E-state index in [0.717, 1.165) is 16.3 Å². The van der Waals surface area contributed by atoms with Gasteiger partial charge in [0, 0.05) is 24.7 Å². The molecule has 0 aromatic heterocycles. The number of primary amides is 1. The molecule has 3 aromatic carbocycles. The fourth-order valence-electron chi connectivity index (χ4n) is 4.29. The van der Waals surface area contributed by atoms with Gasteiger partial charge in [0.15, 0.2) is 0 Å². The standard InChI is InChI=1S/C26H27N3O3/c27-25(31)24(30)23(16-18-6-2-1-3-7-18)28-22-12-14-29(15-13-22)26(32)21-11-10-19-8-4-5-9-20(19)17-21/h1-11,17,22-23,28H,12-16H2,(H2,27,31). The van der Waals surface area contributed by atoms with E-state index in [4.69, 9.17) is 5.73 Å². The van der Waals surface area contributed by atoms with E-state index >= 15 is 0 Å². The monoisotopic (exact) mass is 429 g/mol. The number of hydrogen-bond acceptors (Lipinski definition) is 4. The number of likely N-dealkylation sites (tertiary alicyclic amines) is 1. The Bertz CT molecular complexity index is 1120. The van der Waals surface area contributed by atoms with Crippen LogP contribution in [0.2, 0.25) is 0 Å². The van der Waals surface area contributed by atoms with Gasteiger partial charge < -0.3 is 16.0 Å². The lowest BCUT2D eigenvalue weighted by Gasteiger charge is -2.34. The number of nitrogens with one attached hydrogen (secondary N) is 1. The van der Waals surface area contributed by atoms with Crippen molar-refractivity contribution < 1.29 is 14.4 Å². The quantitative estimate of drug-likeness (QED) is 0.565. The van der Waals surface area contributed by atoms with E-state index in [1.807, 2.05) is 77.7 Å². The van der Waals surface area contributed by atoms with Crippen molar-refractivity contribution in [1.82, 2.24) is 10.2 Å². The van der Waals surface area contributed by atoms with Gasteiger partial charge in [0.2, 0.25) is 5.78 Å². The third-order valence-electron chi connectivity index (χ3n) is 6.06. The first-order valence-corrected chi connectivity index (χ1v) is 10.9. The predicted molar refractivity (Wildman–Crippen MR) is 124 cm³/mol. The molecule has 1 aliphatic rings. The zero-order valence-corrected chi connectivity index (χ0v) is 17.9. The summed E-state index contributed by atoms with van der Waals surface area (Å²) in [6.45, 7) is 1.18. The molecule has 2 amide bonds. The largest absolute Gasteiger partial charge is 0.363 e. The normalized spacial score (nSPS) is 15.4. The van der Waals surface area contributed by atoms with Crippen LogP contribution in [0.4, 0.5) is 0 Å². The maximum absolute atomic E-state index is 13.0. The van der Waals surface area contributed by atoms with Crippen LogP contribution in [-0.2, 0) is 16.0 Å². The average molecular weight is 430 g/mol. The highest BCUT2D eigenvalue weighted by Gasteiger charge is 2.29. The summed E-state index contributed by atoms with van der Waals surface area (Å²) in [6.07, 6.45) is 1.81. The van der Waals surface area contributed by atoms with Crippen LogP contribution in [0.5, 0.6) is 0 Å². The Balaban J connectivity index is 1.38. The molecule has 3 N–H and O–H groups in total. The van der Waals surface area contributed by atoms with E-state index < -0.39 is 17.7 Å². The van der Waals surface area contributed by atoms with Crippen LogP contribution in [0.3, 0.4) is 0 Å². The van der Waals surface area contributed by atoms with Crippen LogP contribution >= 0.6 is 0 Å². The lowest BCUT2D eigenvalue weighted by Crippen LogP contribution is -2.52. The van der Waals surface area contributed by atoms with Gasteiger partial charge in [-0.1, -0.05) is 60.7 Å². The highest BCUT2D eigenvalue weighted by molar-refractivity contribution is 6.37. The Morgan fingerprint density at radius 1 is 0.906 bits per heavy atom. The van der Waals surface area contributed by atoms with Crippen LogP contribution < -0.4 is 11.1 Å². The van der Waals surface area contributed by atoms with E-state index in [-0.39, 0.29) is 11.9 Å². The van der Waals surface area contributed by atoms with Crippen LogP contribution in [0.1, 0.15) is 28.8 Å². The number of nitrogens with two attached hydrogens (primary N) is 1. The number of benzene rings is 3. The van der Waals surface area contributed by atoms with E-state index in [9.17, 15) is 14.4 Å². The molecule has 6 nitrogen and oxygen atoms in total. The van der Waals surface area contributed by atoms with Crippen molar-refractivity contribution in [2.45, 2.75) is 31.3 Å². The number of fused-ring (bicyclic) bond motifs is 1. The first-order valence-electron chi connectivity index (χ1n) is 10.9. The molecule has 0 aliphatic carbocycles. The molecule has 1 aliphatic heterocycles. The molecule has 0 saturated carbocycles. The molecule has 1 heterocycles. The Hall–Kier alpha value is -3.51. The highest BCUT2D eigenvalue weighted by Crippen LogP contribution is 2.19. The van der Waals surface area contributed by atoms with Gasteiger partial charge in [-0.2, -0.15) is 0 Å². The summed E-state index contributed by atoms with van der Waals surface area (Å²) in [5.74, 6) is -1.52. The van der Waals surface area contributed by atoms with E-state index in [2.05, 4.69) is 5.32 Å². The van der Waals surface area contributed by atoms with Crippen molar-refractivity contribution in [3.05, 3.63) is 83.9 Å². The highest BCUT2D eigenvalue weighted by atomic mass is 16.2. The molecule has 3 aromatic rings. The number of Topliss-reactive ketones (excluding diaryl/α,β-unsaturated/α-hetero) is 1. The first-order chi connectivity index (χ1) is 15.5. The molecule has 32 heavy (non-hydrogen) atoms. The molecule has 6 heteroatoms. The molecule has 1 saturated heterocycles. The number of piperidine rings is 1. The van der Waals surface area contributed by atoms with Crippen molar-refractivity contribution >= 4 is 28.4 Å². The minimum absolute atomic E-state index is 0.0169. The van der Waals surface area contributed by atoms with Crippen LogP contribution in [0, 0.1) is 0 Å². The lowest BCUT2D eigenvalue weighted by atomic mass is 9.97. The van der Waals surface area contributed by atoms with E-state index in [0.29, 0.717) is 37.9 Å². The van der Waals surface area contributed by atoms with Gasteiger partial charge in [-0.15, -0.1) is 0 Å². The molecule has 1 fully saturated rings. The van der Waals surface area contributed by atoms with Crippen molar-refractivity contribution in [2.24, 2.45) is 5.73 Å². The predicted octanol–water partition coefficient (Wildman–Crippen LogP) is 2.70. The number of carbonyl (C=O) groups excluding carboxylic acids is 3. The summed E-state index contributed by atoms with van der Waals surface area (Å²) in [5.41, 5.74) is 6.92. The molecule has 0 bridgehead atoms. The van der Waals surface area contributed by atoms with Crippen molar-refractivity contribution in [3.63, 3.8) is 0 Å². The van der Waals surface area contributed by atoms with Crippen LogP contribution in [0.25, 0.3) is 10.8 Å². The summed E-state index contributed by atoms with van der Waals surface area (Å²) in [6, 6.07) is 22.7. The Labute approximate surface area is 187 Å². The fraction of sp³-hybridized carbons (Fsp3) is 0.269. The smallest absolute Gasteiger partial charge is 0.286 e. The summed E-state index contributed by atoms with van der Waals surface area (Å²) in [7, 11) is 0. The van der Waals surface area contributed by atoms with Gasteiger partial charge in [0.1, 0.15) is 0 Å². The summed E-state index contributed by atoms with van der Waals surface area (Å²) >= 11 is 0. The molecule has 4 rings (SSSR count). The molecular weight excluding hydrogens is 402 g/mol. The summed E-state index contributed by atoms with van der Waals surface area (Å²) in [5, 5.41) is 5.47. The van der Waals surface area contributed by atoms with Crippen molar-refractivity contribution in [2.75, 3.05) is 13.1 Å². The second-order valence-corrected chi connectivity index (χ2v) is 8.27. The molecule has 0 radical (unpaired) electrons. The molecule has 1 unspecified atom stereocenters. The number of carbonyl (C=O) groups is 3. The lowest BCUT2D eigenvalue weighted by molar-refractivity contribution is -0.137. The first kappa shape index (κ1) is 21.7. The average Bonchev–Trinajstić information content (AvgIpc) is 2.83. The number of rotatable bonds is 7. The second-order valence-electron chi connectivity index (χ2n) is 8.27. The number of hydrogen-bond donors (Lipinski definition) is 2. The number of amides is 2. The van der Waals surface area contributed by atoms with Crippen molar-refractivity contribution in [3.8, 4) is 0 Å². The Morgan fingerprint density at radius 3 is 2.25 bits per heavy atom. The van der Waals surface area contributed by atoms with Crippen LogP contribution in [0.15, 0.2) is 72.8 Å². The number of nitrogens with zero attached hydrogens (tertiary/aromatic N) is 1. The second kappa shape index (κ2) is 9.75. The maximum Gasteiger partial charge on any atom is 0.286 e. The van der Waals surface area contributed by atoms with Gasteiger partial charge >= 0.3 is 0 Å². The van der Waals surface area contributed by atoms with Crippen molar-refractivity contribution in [1.29, 1.82) is 0 Å². The van der Waals surface area contributed by atoms with Gasteiger partial charge in [0.25, 0.3) is 11.8 Å². The van der Waals surface area contributed by atoms with Gasteiger partial charge in [0.05, 0.1) is 6.04 Å². The topological polar surface area (TPSA) is 92.5 Å². The van der Waals surface area contributed by atoms with Gasteiger partial charge in [-0.05, 0) is 47.7 Å². The zero-order chi connectivity index (χ0) is 22.5. The maximum atomic E-state index is 13.0. The third kappa shape index (κ3) is 5.03. The van der Waals surface area contributed by atoms with E-state index in [1.165, 1.54) is 0 Å². The van der Waals surface area contributed by atoms with Gasteiger partial charge in [-0.25, -0.2) is 0 Å². The molecule has 0 spiro atoms. The fourth-order valence-corrected chi connectivity index (χ4v) is 4.29. The summed E-state index contributed by atoms with van der Waals surface area (Å²) < 4.78 is 0. The minimum Gasteiger partial charge on any atom is -0.363 e.